The molecule has 8 heteroatoms. The van der Waals surface area contributed by atoms with Crippen molar-refractivity contribution in [1.82, 2.24) is 9.88 Å². The summed E-state index contributed by atoms with van der Waals surface area (Å²) in [7, 11) is 3.15. The highest BCUT2D eigenvalue weighted by molar-refractivity contribution is 5.99. The van der Waals surface area contributed by atoms with Gasteiger partial charge in [-0.25, -0.2) is 0 Å². The van der Waals surface area contributed by atoms with Crippen LogP contribution in [0.1, 0.15) is 10.4 Å². The summed E-state index contributed by atoms with van der Waals surface area (Å²) in [5, 5.41) is 20.8. The largest absolute Gasteiger partial charge is 0.496 e. The molecule has 0 saturated carbocycles. The average molecular weight is 366 g/mol. The van der Waals surface area contributed by atoms with Crippen molar-refractivity contribution in [3.63, 3.8) is 0 Å². The summed E-state index contributed by atoms with van der Waals surface area (Å²) >= 11 is 0. The highest BCUT2D eigenvalue weighted by Crippen LogP contribution is 2.37. The number of azo groups is 1. The molecule has 0 radical (unpaired) electrons. The van der Waals surface area contributed by atoms with E-state index in [9.17, 15) is 14.7 Å². The van der Waals surface area contributed by atoms with E-state index in [1.165, 1.54) is 7.11 Å². The minimum absolute atomic E-state index is 0.0918. The van der Waals surface area contributed by atoms with E-state index in [1.54, 1.807) is 48.0 Å². The van der Waals surface area contributed by atoms with Gasteiger partial charge in [0.15, 0.2) is 5.69 Å². The summed E-state index contributed by atoms with van der Waals surface area (Å²) in [6, 6.07) is 13.9. The van der Waals surface area contributed by atoms with Gasteiger partial charge < -0.3 is 19.7 Å². The Bertz CT molecular complexity index is 1040. The quantitative estimate of drug-likeness (QED) is 0.677. The third-order valence-corrected chi connectivity index (χ3v) is 4.06. The molecule has 0 atom stereocenters. The van der Waals surface area contributed by atoms with E-state index in [0.29, 0.717) is 16.7 Å². The first-order valence-electron chi connectivity index (χ1n) is 8.15. The van der Waals surface area contributed by atoms with Gasteiger partial charge in [-0.15, -0.1) is 10.2 Å². The summed E-state index contributed by atoms with van der Waals surface area (Å²) in [4.78, 5) is 24.1. The van der Waals surface area contributed by atoms with Gasteiger partial charge in [-0.3, -0.25) is 9.59 Å². The minimum atomic E-state index is -0.648. The zero-order valence-electron chi connectivity index (χ0n) is 14.8. The van der Waals surface area contributed by atoms with Crippen LogP contribution in [0.25, 0.3) is 10.9 Å². The molecular formula is C19H18N4O4. The number of aryl methyl sites for hydroxylation is 1. The number of methoxy groups -OCH3 is 1. The van der Waals surface area contributed by atoms with Crippen molar-refractivity contribution >= 4 is 28.4 Å². The van der Waals surface area contributed by atoms with Crippen molar-refractivity contribution < 1.29 is 19.4 Å². The predicted octanol–water partition coefficient (Wildman–Crippen LogP) is 2.93. The predicted molar refractivity (Wildman–Crippen MR) is 99.4 cm³/mol. The molecule has 3 rings (SSSR count). The van der Waals surface area contributed by atoms with Crippen molar-refractivity contribution in [2.45, 2.75) is 0 Å². The topological polar surface area (TPSA) is 105 Å². The number of para-hydroxylation sites is 2. The number of benzene rings is 2. The molecular weight excluding hydrogens is 348 g/mol. The first kappa shape index (κ1) is 18.1. The number of ether oxygens (including phenoxy) is 1. The van der Waals surface area contributed by atoms with Gasteiger partial charge >= 0.3 is 0 Å². The molecule has 27 heavy (non-hydrogen) atoms. The van der Waals surface area contributed by atoms with Crippen LogP contribution >= 0.6 is 0 Å². The lowest BCUT2D eigenvalue weighted by molar-refractivity contribution is -0.117. The number of carbonyl (C=O) groups is 2. The maximum atomic E-state index is 12.2. The summed E-state index contributed by atoms with van der Waals surface area (Å²) < 4.78 is 6.67. The van der Waals surface area contributed by atoms with Crippen molar-refractivity contribution in [1.29, 1.82) is 0 Å². The van der Waals surface area contributed by atoms with E-state index >= 15 is 0 Å². The van der Waals surface area contributed by atoms with Gasteiger partial charge in [0, 0.05) is 12.4 Å². The maximum absolute atomic E-state index is 12.2. The van der Waals surface area contributed by atoms with E-state index in [2.05, 4.69) is 15.5 Å². The van der Waals surface area contributed by atoms with Gasteiger partial charge in [0.1, 0.15) is 12.3 Å². The molecule has 0 bridgehead atoms. The third kappa shape index (κ3) is 3.64. The fraction of sp³-hybridized carbons (Fsp3) is 0.158. The Labute approximate surface area is 155 Å². The number of aromatic hydroxyl groups is 1. The highest BCUT2D eigenvalue weighted by Gasteiger charge is 2.15. The van der Waals surface area contributed by atoms with E-state index in [4.69, 9.17) is 4.74 Å². The minimum Gasteiger partial charge on any atom is -0.496 e. The molecule has 1 aromatic heterocycles. The van der Waals surface area contributed by atoms with Crippen LogP contribution < -0.4 is 10.1 Å². The van der Waals surface area contributed by atoms with Crippen LogP contribution in [0.5, 0.6) is 11.6 Å². The fourth-order valence-corrected chi connectivity index (χ4v) is 2.68. The Morgan fingerprint density at radius 3 is 2.63 bits per heavy atom. The van der Waals surface area contributed by atoms with Crippen LogP contribution in [0.2, 0.25) is 0 Å². The highest BCUT2D eigenvalue weighted by atomic mass is 16.5. The molecule has 2 amide bonds. The molecule has 0 aliphatic rings. The number of hydrogen-bond acceptors (Lipinski definition) is 5. The number of fused-ring (bicyclic) bond motifs is 1. The number of nitrogens with zero attached hydrogens (tertiary/aromatic N) is 3. The zero-order valence-corrected chi connectivity index (χ0v) is 14.8. The van der Waals surface area contributed by atoms with Gasteiger partial charge in [0.05, 0.1) is 18.2 Å². The Morgan fingerprint density at radius 2 is 1.85 bits per heavy atom. The number of nitrogens with one attached hydrogen (secondary N) is 1. The molecule has 1 heterocycles. The normalized spacial score (nSPS) is 11.0. The Hall–Kier alpha value is -3.68. The maximum Gasteiger partial charge on any atom is 0.283 e. The van der Waals surface area contributed by atoms with Crippen LogP contribution in [0, 0.1) is 0 Å². The van der Waals surface area contributed by atoms with Crippen LogP contribution in [0.3, 0.4) is 0 Å². The Morgan fingerprint density at radius 1 is 1.15 bits per heavy atom. The number of rotatable bonds is 5. The lowest BCUT2D eigenvalue weighted by Gasteiger charge is -2.07. The molecule has 0 aliphatic carbocycles. The zero-order chi connectivity index (χ0) is 19.4. The fourth-order valence-electron chi connectivity index (χ4n) is 2.68. The van der Waals surface area contributed by atoms with E-state index in [1.807, 2.05) is 12.1 Å². The van der Waals surface area contributed by atoms with Crippen LogP contribution in [0.4, 0.5) is 5.69 Å². The Kier molecular flexibility index (Phi) is 5.16. The first-order chi connectivity index (χ1) is 13.0. The average Bonchev–Trinajstić information content (AvgIpc) is 2.95. The van der Waals surface area contributed by atoms with Gasteiger partial charge in [0.2, 0.25) is 5.88 Å². The molecule has 0 spiro atoms. The number of amides is 2. The van der Waals surface area contributed by atoms with E-state index in [-0.39, 0.29) is 18.1 Å². The molecule has 0 aliphatic heterocycles. The third-order valence-electron chi connectivity index (χ3n) is 4.06. The number of aromatic nitrogens is 1. The van der Waals surface area contributed by atoms with Crippen LogP contribution in [-0.2, 0) is 11.8 Å². The van der Waals surface area contributed by atoms with E-state index in [0.717, 1.165) is 5.52 Å². The molecule has 138 valence electrons. The summed E-state index contributed by atoms with van der Waals surface area (Å²) in [6.07, 6.45) is 0. The van der Waals surface area contributed by atoms with E-state index < -0.39 is 11.8 Å². The molecule has 8 nitrogen and oxygen atoms in total. The molecule has 0 unspecified atom stereocenters. The summed E-state index contributed by atoms with van der Waals surface area (Å²) in [5.74, 6) is -0.787. The van der Waals surface area contributed by atoms with Crippen molar-refractivity contribution in [2.24, 2.45) is 17.3 Å². The molecule has 0 fully saturated rings. The summed E-state index contributed by atoms with van der Waals surface area (Å²) in [5.41, 5.74) is 1.29. The first-order valence-corrected chi connectivity index (χ1v) is 8.15. The molecule has 0 saturated heterocycles. The van der Waals surface area contributed by atoms with Gasteiger partial charge in [-0.05, 0) is 18.2 Å². The van der Waals surface area contributed by atoms with Crippen LogP contribution in [-0.4, -0.2) is 35.1 Å². The molecule has 3 aromatic rings. The monoisotopic (exact) mass is 366 g/mol. The number of hydrogen-bond donors (Lipinski definition) is 2. The second-order valence-corrected chi connectivity index (χ2v) is 5.73. The standard InChI is InChI=1S/C19H18N4O4/c1-23-14-9-5-3-7-12(14)17(19(23)26)22-21-16(24)11-20-18(25)13-8-4-6-10-15(13)27-2/h3-10,26H,11H2,1-2H3,(H,20,25). The van der Waals surface area contributed by atoms with Gasteiger partial charge in [-0.2, -0.15) is 0 Å². The second-order valence-electron chi connectivity index (χ2n) is 5.73. The summed E-state index contributed by atoms with van der Waals surface area (Å²) in [6.45, 7) is -0.327. The van der Waals surface area contributed by atoms with Crippen molar-refractivity contribution in [3.05, 3.63) is 54.1 Å². The molecule has 2 aromatic carbocycles. The number of carbonyl (C=O) groups excluding carboxylic acids is 2. The molecule has 2 N–H and O–H groups in total. The smallest absolute Gasteiger partial charge is 0.283 e. The lowest BCUT2D eigenvalue weighted by atomic mass is 10.2. The SMILES string of the molecule is COc1ccccc1C(=O)NCC(=O)N=Nc1c(O)n(C)c2ccccc12. The van der Waals surface area contributed by atoms with Crippen molar-refractivity contribution in [2.75, 3.05) is 13.7 Å². The lowest BCUT2D eigenvalue weighted by Crippen LogP contribution is -2.28. The van der Waals surface area contributed by atoms with Crippen LogP contribution in [0.15, 0.2) is 58.8 Å². The second kappa shape index (κ2) is 7.69. The Balaban J connectivity index is 1.70. The van der Waals surface area contributed by atoms with Crippen molar-refractivity contribution in [3.8, 4) is 11.6 Å². The van der Waals surface area contributed by atoms with Gasteiger partial charge in [-0.1, -0.05) is 30.3 Å². The van der Waals surface area contributed by atoms with Gasteiger partial charge in [0.25, 0.3) is 11.8 Å².